The van der Waals surface area contributed by atoms with Crippen LogP contribution in [-0.2, 0) is 0 Å². The third-order valence-corrected chi connectivity index (χ3v) is 2.70. The molecule has 2 rings (SSSR count). The Labute approximate surface area is 87.5 Å². The Morgan fingerprint density at radius 1 is 1.57 bits per heavy atom. The van der Waals surface area contributed by atoms with Gasteiger partial charge in [-0.1, -0.05) is 11.6 Å². The summed E-state index contributed by atoms with van der Waals surface area (Å²) in [5.41, 5.74) is 1.37. The average molecular weight is 211 g/mol. The number of rotatable bonds is 3. The van der Waals surface area contributed by atoms with Gasteiger partial charge in [0.15, 0.2) is 6.29 Å². The topological polar surface area (TPSA) is 42.0 Å². The lowest BCUT2D eigenvalue weighted by atomic mass is 9.93. The molecule has 0 amide bonds. The van der Waals surface area contributed by atoms with Crippen LogP contribution in [0.2, 0.25) is 5.15 Å². The number of nitrogens with one attached hydrogen (secondary N) is 1. The molecule has 0 aliphatic heterocycles. The van der Waals surface area contributed by atoms with Crippen LogP contribution in [-0.4, -0.2) is 17.3 Å². The molecule has 0 bridgehead atoms. The van der Waals surface area contributed by atoms with E-state index in [0.29, 0.717) is 16.8 Å². The number of nitrogens with zero attached hydrogens (tertiary/aromatic N) is 1. The molecule has 1 aromatic heterocycles. The minimum Gasteiger partial charge on any atom is -0.382 e. The monoisotopic (exact) mass is 210 g/mol. The molecule has 1 heterocycles. The predicted octanol–water partition coefficient (Wildman–Crippen LogP) is 2.51. The normalized spacial score (nSPS) is 16.1. The van der Waals surface area contributed by atoms with Gasteiger partial charge in [0.25, 0.3) is 0 Å². The Balaban J connectivity index is 2.19. The molecule has 3 nitrogen and oxygen atoms in total. The lowest BCUT2D eigenvalue weighted by Crippen LogP contribution is -2.27. The van der Waals surface area contributed by atoms with Crippen LogP contribution in [0.25, 0.3) is 0 Å². The highest BCUT2D eigenvalue weighted by Gasteiger charge is 2.18. The number of halogens is 1. The largest absolute Gasteiger partial charge is 0.382 e. The standard InChI is InChI=1S/C10H11ClN2O/c11-10-4-9(7(6-14)5-12-10)13-8-2-1-3-8/h4-6,8H,1-3H2,(H,12,13). The second kappa shape index (κ2) is 3.96. The molecule has 1 aliphatic carbocycles. The molecule has 0 aromatic carbocycles. The van der Waals surface area contributed by atoms with E-state index in [1.165, 1.54) is 12.6 Å². The van der Waals surface area contributed by atoms with Crippen molar-refractivity contribution in [2.45, 2.75) is 25.3 Å². The second-order valence-corrected chi connectivity index (χ2v) is 3.87. The zero-order chi connectivity index (χ0) is 9.97. The average Bonchev–Trinajstić information content (AvgIpc) is 2.12. The van der Waals surface area contributed by atoms with Gasteiger partial charge in [0.2, 0.25) is 0 Å². The maximum Gasteiger partial charge on any atom is 0.153 e. The molecule has 0 radical (unpaired) electrons. The third-order valence-electron chi connectivity index (χ3n) is 2.49. The number of aromatic nitrogens is 1. The summed E-state index contributed by atoms with van der Waals surface area (Å²) in [4.78, 5) is 14.6. The number of aldehydes is 1. The first kappa shape index (κ1) is 9.46. The fourth-order valence-corrected chi connectivity index (χ4v) is 1.59. The van der Waals surface area contributed by atoms with Gasteiger partial charge in [-0.3, -0.25) is 4.79 Å². The molecule has 1 saturated carbocycles. The highest BCUT2D eigenvalue weighted by atomic mass is 35.5. The third kappa shape index (κ3) is 1.87. The number of carbonyl (C=O) groups is 1. The molecular weight excluding hydrogens is 200 g/mol. The van der Waals surface area contributed by atoms with Crippen molar-refractivity contribution in [3.05, 3.63) is 23.0 Å². The number of carbonyl (C=O) groups excluding carboxylic acids is 1. The second-order valence-electron chi connectivity index (χ2n) is 3.48. The van der Waals surface area contributed by atoms with Gasteiger partial charge in [-0.15, -0.1) is 0 Å². The molecule has 0 spiro atoms. The van der Waals surface area contributed by atoms with Crippen molar-refractivity contribution in [2.24, 2.45) is 0 Å². The van der Waals surface area contributed by atoms with Crippen LogP contribution in [0.4, 0.5) is 5.69 Å². The van der Waals surface area contributed by atoms with E-state index in [1.807, 2.05) is 0 Å². The zero-order valence-corrected chi connectivity index (χ0v) is 8.42. The summed E-state index contributed by atoms with van der Waals surface area (Å²) in [6, 6.07) is 2.19. The SMILES string of the molecule is O=Cc1cnc(Cl)cc1NC1CCC1. The first-order valence-corrected chi connectivity index (χ1v) is 5.04. The van der Waals surface area contributed by atoms with Crippen LogP contribution in [0.15, 0.2) is 12.3 Å². The molecule has 4 heteroatoms. The lowest BCUT2D eigenvalue weighted by molar-refractivity contribution is 0.112. The van der Waals surface area contributed by atoms with E-state index >= 15 is 0 Å². The molecule has 0 unspecified atom stereocenters. The summed E-state index contributed by atoms with van der Waals surface area (Å²) in [6.07, 6.45) is 5.88. The van der Waals surface area contributed by atoms with Gasteiger partial charge in [-0.25, -0.2) is 4.98 Å². The van der Waals surface area contributed by atoms with Gasteiger partial charge in [-0.05, 0) is 25.3 Å². The molecular formula is C10H11ClN2O. The first-order chi connectivity index (χ1) is 6.79. The summed E-state index contributed by atoms with van der Waals surface area (Å²) in [7, 11) is 0. The van der Waals surface area contributed by atoms with Crippen molar-refractivity contribution in [2.75, 3.05) is 5.32 Å². The summed E-state index contributed by atoms with van der Waals surface area (Å²) in [6.45, 7) is 0. The summed E-state index contributed by atoms with van der Waals surface area (Å²) in [5.74, 6) is 0. The summed E-state index contributed by atoms with van der Waals surface area (Å²) < 4.78 is 0. The fraction of sp³-hybridized carbons (Fsp3) is 0.400. The van der Waals surface area contributed by atoms with Gasteiger partial charge >= 0.3 is 0 Å². The van der Waals surface area contributed by atoms with Crippen molar-refractivity contribution < 1.29 is 4.79 Å². The van der Waals surface area contributed by atoms with Crippen LogP contribution in [0.5, 0.6) is 0 Å². The van der Waals surface area contributed by atoms with Crippen molar-refractivity contribution in [3.63, 3.8) is 0 Å². The van der Waals surface area contributed by atoms with E-state index in [-0.39, 0.29) is 0 Å². The van der Waals surface area contributed by atoms with E-state index in [4.69, 9.17) is 11.6 Å². The summed E-state index contributed by atoms with van der Waals surface area (Å²) in [5, 5.41) is 3.70. The molecule has 0 saturated heterocycles. The van der Waals surface area contributed by atoms with E-state index < -0.39 is 0 Å². The quantitative estimate of drug-likeness (QED) is 0.616. The predicted molar refractivity (Wildman–Crippen MR) is 55.9 cm³/mol. The van der Waals surface area contributed by atoms with Crippen LogP contribution in [0, 0.1) is 0 Å². The van der Waals surface area contributed by atoms with Crippen LogP contribution in [0.1, 0.15) is 29.6 Å². The number of anilines is 1. The highest BCUT2D eigenvalue weighted by molar-refractivity contribution is 6.29. The van der Waals surface area contributed by atoms with Crippen molar-refractivity contribution in [1.29, 1.82) is 0 Å². The number of hydrogen-bond donors (Lipinski definition) is 1. The Morgan fingerprint density at radius 3 is 2.93 bits per heavy atom. The minimum atomic E-state index is 0.414. The molecule has 1 aliphatic rings. The van der Waals surface area contributed by atoms with E-state index in [9.17, 15) is 4.79 Å². The molecule has 74 valence electrons. The maximum absolute atomic E-state index is 10.7. The van der Waals surface area contributed by atoms with Crippen LogP contribution < -0.4 is 5.32 Å². The summed E-state index contributed by atoms with van der Waals surface area (Å²) >= 11 is 5.75. The van der Waals surface area contributed by atoms with E-state index in [2.05, 4.69) is 10.3 Å². The zero-order valence-electron chi connectivity index (χ0n) is 7.66. The van der Waals surface area contributed by atoms with Gasteiger partial charge in [0, 0.05) is 17.9 Å². The van der Waals surface area contributed by atoms with Gasteiger partial charge in [0.1, 0.15) is 5.15 Å². The minimum absolute atomic E-state index is 0.414. The van der Waals surface area contributed by atoms with Crippen LogP contribution in [0.3, 0.4) is 0 Å². The number of hydrogen-bond acceptors (Lipinski definition) is 3. The van der Waals surface area contributed by atoms with Crippen LogP contribution >= 0.6 is 11.6 Å². The van der Waals surface area contributed by atoms with Crippen molar-refractivity contribution >= 4 is 23.6 Å². The lowest BCUT2D eigenvalue weighted by Gasteiger charge is -2.28. The maximum atomic E-state index is 10.7. The van der Waals surface area contributed by atoms with Crippen molar-refractivity contribution in [1.82, 2.24) is 4.98 Å². The Morgan fingerprint density at radius 2 is 2.36 bits per heavy atom. The van der Waals surface area contributed by atoms with E-state index in [1.54, 1.807) is 6.07 Å². The molecule has 1 N–H and O–H groups in total. The van der Waals surface area contributed by atoms with Gasteiger partial charge in [-0.2, -0.15) is 0 Å². The van der Waals surface area contributed by atoms with Crippen molar-refractivity contribution in [3.8, 4) is 0 Å². The Kier molecular flexibility index (Phi) is 2.68. The smallest absolute Gasteiger partial charge is 0.153 e. The fourth-order valence-electron chi connectivity index (χ4n) is 1.43. The molecule has 1 fully saturated rings. The molecule has 0 atom stereocenters. The molecule has 14 heavy (non-hydrogen) atoms. The first-order valence-electron chi connectivity index (χ1n) is 4.67. The number of pyridine rings is 1. The Bertz CT molecular complexity index is 350. The van der Waals surface area contributed by atoms with Gasteiger partial charge in [0.05, 0.1) is 5.56 Å². The van der Waals surface area contributed by atoms with E-state index in [0.717, 1.165) is 24.8 Å². The highest BCUT2D eigenvalue weighted by Crippen LogP contribution is 2.25. The van der Waals surface area contributed by atoms with Gasteiger partial charge < -0.3 is 5.32 Å². The Hall–Kier alpha value is -1.09. The molecule has 1 aromatic rings.